The Morgan fingerprint density at radius 3 is 2.33 bits per heavy atom. The number of hydrogen-bond acceptors (Lipinski definition) is 3. The number of benzene rings is 2. The fourth-order valence-corrected chi connectivity index (χ4v) is 6.80. The van der Waals surface area contributed by atoms with Gasteiger partial charge in [-0.2, -0.15) is 0 Å². The van der Waals surface area contributed by atoms with Crippen LogP contribution in [0, 0.1) is 17.3 Å². The van der Waals surface area contributed by atoms with Crippen LogP contribution in [0.5, 0.6) is 0 Å². The number of amides is 1. The van der Waals surface area contributed by atoms with Crippen LogP contribution in [0.4, 0.5) is 0 Å². The molecule has 1 heterocycles. The maximum atomic E-state index is 12.9. The lowest BCUT2D eigenvalue weighted by molar-refractivity contribution is -0.403. The molecule has 0 radical (unpaired) electrons. The molecule has 1 saturated heterocycles. The van der Waals surface area contributed by atoms with Crippen molar-refractivity contribution in [2.24, 2.45) is 17.3 Å². The topological polar surface area (TPSA) is 75.2 Å². The lowest BCUT2D eigenvalue weighted by Gasteiger charge is -2.64. The largest absolute Gasteiger partial charge is 1.00 e. The van der Waals surface area contributed by atoms with Gasteiger partial charge in [0.05, 0.1) is 11.7 Å². The van der Waals surface area contributed by atoms with Crippen LogP contribution in [0.1, 0.15) is 51.2 Å². The van der Waals surface area contributed by atoms with Crippen molar-refractivity contribution in [3.63, 3.8) is 0 Å². The summed E-state index contributed by atoms with van der Waals surface area (Å²) >= 11 is 0. The highest BCUT2D eigenvalue weighted by Gasteiger charge is 2.68. The Kier molecular flexibility index (Phi) is 8.21. The second kappa shape index (κ2) is 10.9. The van der Waals surface area contributed by atoms with Gasteiger partial charge in [0.1, 0.15) is 0 Å². The van der Waals surface area contributed by atoms with Gasteiger partial charge in [-0.3, -0.25) is 4.79 Å². The molecule has 194 valence electrons. The smallest absolute Gasteiger partial charge is 0.462 e. The van der Waals surface area contributed by atoms with Crippen molar-refractivity contribution in [1.82, 2.24) is 5.32 Å². The minimum atomic E-state index is -0.328. The molecular weight excluding hydrogens is 471 g/mol. The van der Waals surface area contributed by atoms with Crippen LogP contribution in [0.15, 0.2) is 60.7 Å². The minimum absolute atomic E-state index is 0. The standard InChI is InChI=1S/C29H39BN2O3.ClH/c1-28(2)22-17-25(28)29(3)26(18-22)34-30(35-29)23(15-14-20-10-6-4-7-11-20)19-32-27(33)24(31)16-21-12-8-5-9-13-21;/h4-13,22-26H,14-19,31H2,1-3H3,(H,32,33);1H/t22-,23?,24+,25-,26+,29-;/m1./s1. The molecule has 36 heavy (non-hydrogen) atoms. The number of halogens is 1. The first-order valence-electron chi connectivity index (χ1n) is 13.3. The van der Waals surface area contributed by atoms with Gasteiger partial charge in [-0.15, -0.1) is 0 Å². The van der Waals surface area contributed by atoms with Crippen LogP contribution >= 0.6 is 0 Å². The van der Waals surface area contributed by atoms with Gasteiger partial charge in [0.2, 0.25) is 0 Å². The molecule has 1 unspecified atom stereocenters. The number of rotatable bonds is 9. The van der Waals surface area contributed by atoms with E-state index in [9.17, 15) is 4.79 Å². The number of hydrogen-bond donors (Lipinski definition) is 2. The first-order valence-corrected chi connectivity index (χ1v) is 13.3. The third-order valence-electron chi connectivity index (χ3n) is 9.23. The summed E-state index contributed by atoms with van der Waals surface area (Å²) in [5.41, 5.74) is 6.64. The Hall–Kier alpha value is -1.86. The van der Waals surface area contributed by atoms with Gasteiger partial charge in [-0.25, -0.2) is 0 Å². The summed E-state index contributed by atoms with van der Waals surface area (Å²) in [5, 5.41) is 3.19. The SMILES string of the molecule is CC1(C)[C@H]2C[C@@H]3OB(C(CCc4ccccc4)CNC(=O)[C@@H]([NH3+])Cc4ccccc4)O[C@]3(C)[C@@H]1C2.[Cl-]. The number of carbonyl (C=O) groups excluding carboxylic acids is 1. The second-order valence-electron chi connectivity index (χ2n) is 11.8. The molecule has 5 nitrogen and oxygen atoms in total. The number of aryl methyl sites for hydroxylation is 1. The highest BCUT2D eigenvalue weighted by Crippen LogP contribution is 2.66. The van der Waals surface area contributed by atoms with E-state index in [2.05, 4.69) is 56.1 Å². The Morgan fingerprint density at radius 2 is 1.69 bits per heavy atom. The lowest BCUT2D eigenvalue weighted by Crippen LogP contribution is -3.00. The minimum Gasteiger partial charge on any atom is -1.00 e. The van der Waals surface area contributed by atoms with Crippen LogP contribution in [-0.4, -0.2) is 37.3 Å². The fourth-order valence-electron chi connectivity index (χ4n) is 6.80. The summed E-state index contributed by atoms with van der Waals surface area (Å²) in [4.78, 5) is 12.9. The van der Waals surface area contributed by atoms with Gasteiger partial charge in [-0.1, -0.05) is 74.5 Å². The van der Waals surface area contributed by atoms with Gasteiger partial charge in [0.15, 0.2) is 6.04 Å². The Morgan fingerprint density at radius 1 is 1.06 bits per heavy atom. The molecule has 0 aromatic heterocycles. The molecule has 3 saturated carbocycles. The monoisotopic (exact) mass is 510 g/mol. The molecule has 4 fully saturated rings. The molecule has 2 aromatic carbocycles. The van der Waals surface area contributed by atoms with E-state index in [4.69, 9.17) is 9.31 Å². The maximum Gasteiger partial charge on any atom is 0.462 e. The Balaban J connectivity index is 0.00000304. The van der Waals surface area contributed by atoms with Gasteiger partial charge in [-0.05, 0) is 61.0 Å². The number of quaternary nitrogens is 1. The third kappa shape index (κ3) is 5.24. The van der Waals surface area contributed by atoms with E-state index in [1.54, 1.807) is 0 Å². The predicted molar refractivity (Wildman–Crippen MR) is 138 cm³/mol. The van der Waals surface area contributed by atoms with E-state index in [-0.39, 0.29) is 49.0 Å². The quantitative estimate of drug-likeness (QED) is 0.488. The van der Waals surface area contributed by atoms with Crippen LogP contribution in [0.3, 0.4) is 0 Å². The molecule has 6 atom stereocenters. The normalized spacial score (nSPS) is 29.3. The molecule has 1 aliphatic heterocycles. The number of nitrogens with one attached hydrogen (secondary N) is 1. The van der Waals surface area contributed by atoms with E-state index in [0.717, 1.165) is 30.7 Å². The van der Waals surface area contributed by atoms with Gasteiger partial charge in [0, 0.05) is 18.8 Å². The van der Waals surface area contributed by atoms with Crippen molar-refractivity contribution in [3.8, 4) is 0 Å². The molecule has 2 aromatic rings. The van der Waals surface area contributed by atoms with Crippen molar-refractivity contribution in [2.75, 3.05) is 6.54 Å². The van der Waals surface area contributed by atoms with Gasteiger partial charge < -0.3 is 32.8 Å². The van der Waals surface area contributed by atoms with Crippen molar-refractivity contribution in [3.05, 3.63) is 71.8 Å². The average Bonchev–Trinajstić information content (AvgIpc) is 3.22. The van der Waals surface area contributed by atoms with E-state index in [0.29, 0.717) is 24.3 Å². The maximum absolute atomic E-state index is 12.9. The molecule has 4 N–H and O–H groups in total. The zero-order chi connectivity index (χ0) is 24.6. The lowest BCUT2D eigenvalue weighted by atomic mass is 9.43. The molecule has 3 aliphatic carbocycles. The van der Waals surface area contributed by atoms with E-state index < -0.39 is 0 Å². The summed E-state index contributed by atoms with van der Waals surface area (Å²) in [6.07, 6.45) is 4.93. The molecule has 4 aliphatic rings. The summed E-state index contributed by atoms with van der Waals surface area (Å²) in [6, 6.07) is 20.3. The highest BCUT2D eigenvalue weighted by molar-refractivity contribution is 6.47. The zero-order valence-corrected chi connectivity index (χ0v) is 22.5. The molecular formula is C29H40BClN2O3. The van der Waals surface area contributed by atoms with Crippen LogP contribution in [-0.2, 0) is 26.9 Å². The van der Waals surface area contributed by atoms with Crippen molar-refractivity contribution in [1.29, 1.82) is 0 Å². The molecule has 2 bridgehead atoms. The summed E-state index contributed by atoms with van der Waals surface area (Å²) < 4.78 is 13.4. The predicted octanol–water partition coefficient (Wildman–Crippen LogP) is 0.691. The summed E-state index contributed by atoms with van der Waals surface area (Å²) in [6.45, 7) is 7.58. The van der Waals surface area contributed by atoms with E-state index in [1.807, 2.05) is 36.4 Å². The molecule has 0 spiro atoms. The third-order valence-corrected chi connectivity index (χ3v) is 9.23. The van der Waals surface area contributed by atoms with Crippen LogP contribution in [0.25, 0.3) is 0 Å². The summed E-state index contributed by atoms with van der Waals surface area (Å²) in [5.74, 6) is 1.33. The van der Waals surface area contributed by atoms with E-state index in [1.165, 1.54) is 12.0 Å². The number of carbonyl (C=O) groups is 1. The molecule has 7 heteroatoms. The average molecular weight is 511 g/mol. The van der Waals surface area contributed by atoms with Crippen molar-refractivity contribution >= 4 is 13.0 Å². The highest BCUT2D eigenvalue weighted by atomic mass is 35.5. The molecule has 6 rings (SSSR count). The summed E-state index contributed by atoms with van der Waals surface area (Å²) in [7, 11) is -0.290. The van der Waals surface area contributed by atoms with E-state index >= 15 is 0 Å². The second-order valence-corrected chi connectivity index (χ2v) is 11.8. The van der Waals surface area contributed by atoms with Crippen molar-refractivity contribution in [2.45, 2.75) is 76.4 Å². The van der Waals surface area contributed by atoms with Crippen molar-refractivity contribution < 1.29 is 32.2 Å². The zero-order valence-electron chi connectivity index (χ0n) is 21.8. The van der Waals surface area contributed by atoms with Gasteiger partial charge >= 0.3 is 7.12 Å². The Labute approximate surface area is 222 Å². The Bertz CT molecular complexity index is 1020. The first-order chi connectivity index (χ1) is 16.8. The molecule has 1 amide bonds. The van der Waals surface area contributed by atoms with Gasteiger partial charge in [0.25, 0.3) is 5.91 Å². The first kappa shape index (κ1) is 27.2. The van der Waals surface area contributed by atoms with Crippen LogP contribution < -0.4 is 23.5 Å². The fraction of sp³-hybridized carbons (Fsp3) is 0.552. The van der Waals surface area contributed by atoms with Crippen LogP contribution in [0.2, 0.25) is 5.82 Å².